The van der Waals surface area contributed by atoms with Crippen molar-refractivity contribution in [1.29, 1.82) is 0 Å². The van der Waals surface area contributed by atoms with Gasteiger partial charge in [-0.25, -0.2) is 0 Å². The zero-order valence-electron chi connectivity index (χ0n) is 15.1. The Morgan fingerprint density at radius 3 is 1.96 bits per heavy atom. The summed E-state index contributed by atoms with van der Waals surface area (Å²) in [5, 5.41) is 3.84. The second-order valence-electron chi connectivity index (χ2n) is 6.32. The fourth-order valence-electron chi connectivity index (χ4n) is 2.99. The van der Waals surface area contributed by atoms with Gasteiger partial charge in [0.1, 0.15) is 0 Å². The minimum Gasteiger partial charge on any atom is -0.349 e. The molecule has 0 saturated carbocycles. The first-order valence-electron chi connectivity index (χ1n) is 8.90. The Morgan fingerprint density at radius 2 is 1.41 bits per heavy atom. The molecule has 4 heteroatoms. The molecule has 0 bridgehead atoms. The molecule has 1 N–H and O–H groups in total. The Morgan fingerprint density at radius 1 is 0.889 bits per heavy atom. The molecule has 0 aliphatic heterocycles. The van der Waals surface area contributed by atoms with E-state index in [0.717, 1.165) is 5.56 Å². The maximum atomic E-state index is 12.5. The van der Waals surface area contributed by atoms with Crippen LogP contribution < -0.4 is 5.32 Å². The Labute approximate surface area is 170 Å². The largest absolute Gasteiger partial charge is 0.349 e. The minimum absolute atomic E-state index is 0.00396. The van der Waals surface area contributed by atoms with E-state index in [-0.39, 0.29) is 17.2 Å². The minimum atomic E-state index is -0.126. The molecule has 0 unspecified atom stereocenters. The number of carbonyl (C=O) groups excluding carboxylic acids is 1. The Bertz CT molecular complexity index is 830. The standard InChI is InChI=1S/C23H22ClNOS/c1-17(20-14-8-9-15-21(20)24)25-22(26)16-27-23(18-10-4-2-5-11-18)19-12-6-3-7-13-19/h2-15,17,23H,16H2,1H3,(H,25,26)/t17-/m0/s1. The Kier molecular flexibility index (Phi) is 6.97. The van der Waals surface area contributed by atoms with Crippen LogP contribution in [-0.4, -0.2) is 11.7 Å². The fraction of sp³-hybridized carbons (Fsp3) is 0.174. The van der Waals surface area contributed by atoms with Gasteiger partial charge in [-0.3, -0.25) is 4.79 Å². The van der Waals surface area contributed by atoms with Gasteiger partial charge in [0.25, 0.3) is 0 Å². The van der Waals surface area contributed by atoms with Gasteiger partial charge in [0.15, 0.2) is 0 Å². The van der Waals surface area contributed by atoms with E-state index < -0.39 is 0 Å². The Balaban J connectivity index is 1.67. The van der Waals surface area contributed by atoms with E-state index in [9.17, 15) is 4.79 Å². The first-order chi connectivity index (χ1) is 13.1. The number of amides is 1. The first kappa shape index (κ1) is 19.5. The van der Waals surface area contributed by atoms with Crippen LogP contribution in [0.2, 0.25) is 5.02 Å². The van der Waals surface area contributed by atoms with Crippen LogP contribution in [0, 0.1) is 0 Å². The second kappa shape index (κ2) is 9.63. The van der Waals surface area contributed by atoms with E-state index in [0.29, 0.717) is 10.8 Å². The quantitative estimate of drug-likeness (QED) is 0.528. The van der Waals surface area contributed by atoms with Crippen molar-refractivity contribution in [2.45, 2.75) is 18.2 Å². The predicted molar refractivity (Wildman–Crippen MR) is 115 cm³/mol. The molecule has 138 valence electrons. The highest BCUT2D eigenvalue weighted by Crippen LogP contribution is 2.35. The summed E-state index contributed by atoms with van der Waals surface area (Å²) in [6, 6.07) is 28.1. The molecule has 0 radical (unpaired) electrons. The van der Waals surface area contributed by atoms with Crippen LogP contribution in [0.4, 0.5) is 0 Å². The monoisotopic (exact) mass is 395 g/mol. The number of benzene rings is 3. The summed E-state index contributed by atoms with van der Waals surface area (Å²) in [4.78, 5) is 12.5. The lowest BCUT2D eigenvalue weighted by Gasteiger charge is -2.19. The molecule has 0 fully saturated rings. The molecule has 0 heterocycles. The van der Waals surface area contributed by atoms with Crippen LogP contribution in [-0.2, 0) is 4.79 Å². The normalized spacial score (nSPS) is 12.0. The van der Waals surface area contributed by atoms with Gasteiger partial charge >= 0.3 is 0 Å². The van der Waals surface area contributed by atoms with E-state index >= 15 is 0 Å². The molecule has 1 atom stereocenters. The molecule has 3 rings (SSSR count). The van der Waals surface area contributed by atoms with E-state index in [4.69, 9.17) is 11.6 Å². The van der Waals surface area contributed by atoms with Gasteiger partial charge in [-0.15, -0.1) is 11.8 Å². The van der Waals surface area contributed by atoms with Gasteiger partial charge in [-0.1, -0.05) is 90.5 Å². The van der Waals surface area contributed by atoms with Crippen molar-refractivity contribution in [3.8, 4) is 0 Å². The zero-order chi connectivity index (χ0) is 19.1. The first-order valence-corrected chi connectivity index (χ1v) is 10.3. The van der Waals surface area contributed by atoms with Crippen molar-refractivity contribution >= 4 is 29.3 Å². The van der Waals surface area contributed by atoms with Crippen molar-refractivity contribution in [2.24, 2.45) is 0 Å². The van der Waals surface area contributed by atoms with Gasteiger partial charge in [0.05, 0.1) is 17.0 Å². The van der Waals surface area contributed by atoms with Crippen LogP contribution in [0.3, 0.4) is 0 Å². The van der Waals surface area contributed by atoms with Crippen molar-refractivity contribution < 1.29 is 4.79 Å². The van der Waals surface area contributed by atoms with Gasteiger partial charge in [-0.05, 0) is 29.7 Å². The highest BCUT2D eigenvalue weighted by Gasteiger charge is 2.18. The lowest BCUT2D eigenvalue weighted by molar-refractivity contribution is -0.119. The molecule has 0 spiro atoms. The summed E-state index contributed by atoms with van der Waals surface area (Å²) in [5.41, 5.74) is 3.32. The zero-order valence-corrected chi connectivity index (χ0v) is 16.7. The summed E-state index contributed by atoms with van der Waals surface area (Å²) in [6.45, 7) is 1.95. The predicted octanol–water partition coefficient (Wildman–Crippen LogP) is 6.04. The molecule has 0 aliphatic rings. The lowest BCUT2D eigenvalue weighted by Crippen LogP contribution is -2.28. The number of nitrogens with one attached hydrogen (secondary N) is 1. The number of halogens is 1. The summed E-state index contributed by atoms with van der Waals surface area (Å²) >= 11 is 7.87. The smallest absolute Gasteiger partial charge is 0.230 e. The number of rotatable bonds is 7. The van der Waals surface area contributed by atoms with Gasteiger partial charge in [0.2, 0.25) is 5.91 Å². The topological polar surface area (TPSA) is 29.1 Å². The maximum Gasteiger partial charge on any atom is 0.230 e. The van der Waals surface area contributed by atoms with Crippen molar-refractivity contribution in [2.75, 3.05) is 5.75 Å². The summed E-state index contributed by atoms with van der Waals surface area (Å²) in [6.07, 6.45) is 0. The number of carbonyl (C=O) groups is 1. The van der Waals surface area contributed by atoms with Crippen molar-refractivity contribution in [3.05, 3.63) is 107 Å². The third kappa shape index (κ3) is 5.38. The lowest BCUT2D eigenvalue weighted by atomic mass is 10.0. The van der Waals surface area contributed by atoms with Crippen LogP contribution in [0.5, 0.6) is 0 Å². The summed E-state index contributed by atoms with van der Waals surface area (Å²) in [7, 11) is 0. The van der Waals surface area contributed by atoms with E-state index in [1.165, 1.54) is 11.1 Å². The molecule has 0 aromatic heterocycles. The molecule has 1 amide bonds. The molecule has 0 aliphatic carbocycles. The van der Waals surface area contributed by atoms with Gasteiger partial charge in [-0.2, -0.15) is 0 Å². The van der Waals surface area contributed by atoms with Crippen molar-refractivity contribution in [3.63, 3.8) is 0 Å². The van der Waals surface area contributed by atoms with Crippen LogP contribution in [0.25, 0.3) is 0 Å². The van der Waals surface area contributed by atoms with E-state index in [2.05, 4.69) is 29.6 Å². The maximum absolute atomic E-state index is 12.5. The number of hydrogen-bond acceptors (Lipinski definition) is 2. The summed E-state index contributed by atoms with van der Waals surface area (Å²) < 4.78 is 0. The number of hydrogen-bond donors (Lipinski definition) is 1. The van der Waals surface area contributed by atoms with Crippen LogP contribution in [0.15, 0.2) is 84.9 Å². The summed E-state index contributed by atoms with van der Waals surface area (Å²) in [5.74, 6) is 0.382. The van der Waals surface area contributed by atoms with Crippen molar-refractivity contribution in [1.82, 2.24) is 5.32 Å². The third-order valence-corrected chi connectivity index (χ3v) is 5.99. The van der Waals surface area contributed by atoms with Crippen LogP contribution >= 0.6 is 23.4 Å². The average Bonchev–Trinajstić information content (AvgIpc) is 2.70. The molecule has 27 heavy (non-hydrogen) atoms. The van der Waals surface area contributed by atoms with Crippen LogP contribution in [0.1, 0.15) is 34.9 Å². The highest BCUT2D eigenvalue weighted by atomic mass is 35.5. The SMILES string of the molecule is C[C@H](NC(=O)CSC(c1ccccc1)c1ccccc1)c1ccccc1Cl. The van der Waals surface area contributed by atoms with Gasteiger partial charge in [0, 0.05) is 5.02 Å². The fourth-order valence-corrected chi connectivity index (χ4v) is 4.39. The molecular formula is C23H22ClNOS. The van der Waals surface area contributed by atoms with E-state index in [1.807, 2.05) is 67.6 Å². The Hall–Kier alpha value is -2.23. The molecule has 3 aromatic carbocycles. The second-order valence-corrected chi connectivity index (χ2v) is 7.82. The van der Waals surface area contributed by atoms with E-state index in [1.54, 1.807) is 11.8 Å². The molecule has 0 saturated heterocycles. The highest BCUT2D eigenvalue weighted by molar-refractivity contribution is 8.00. The number of thioether (sulfide) groups is 1. The molecular weight excluding hydrogens is 374 g/mol. The average molecular weight is 396 g/mol. The van der Waals surface area contributed by atoms with Gasteiger partial charge < -0.3 is 5.32 Å². The third-order valence-electron chi connectivity index (χ3n) is 4.33. The molecule has 3 aromatic rings. The molecule has 2 nitrogen and oxygen atoms in total.